The van der Waals surface area contributed by atoms with Gasteiger partial charge in [-0.15, -0.1) is 11.3 Å². The van der Waals surface area contributed by atoms with Crippen LogP contribution in [0.5, 0.6) is 11.5 Å². The van der Waals surface area contributed by atoms with Crippen molar-refractivity contribution in [1.82, 2.24) is 9.88 Å². The van der Waals surface area contributed by atoms with E-state index in [9.17, 15) is 9.90 Å². The number of phenols is 1. The van der Waals surface area contributed by atoms with Crippen LogP contribution in [0.1, 0.15) is 12.5 Å². The van der Waals surface area contributed by atoms with E-state index in [1.54, 1.807) is 29.2 Å². The maximum Gasteiger partial charge on any atom is 0.266 e. The van der Waals surface area contributed by atoms with E-state index < -0.39 is 0 Å². The Balaban J connectivity index is 1.62. The molecule has 0 radical (unpaired) electrons. The third-order valence-corrected chi connectivity index (χ3v) is 6.20. The molecule has 1 N–H and O–H groups in total. The number of amides is 1. The monoisotopic (exact) mass is 437 g/mol. The van der Waals surface area contributed by atoms with Crippen LogP contribution in [0.3, 0.4) is 0 Å². The molecule has 1 saturated heterocycles. The van der Waals surface area contributed by atoms with Crippen molar-refractivity contribution < 1.29 is 14.6 Å². The van der Waals surface area contributed by atoms with Gasteiger partial charge >= 0.3 is 0 Å². The highest BCUT2D eigenvalue weighted by Gasteiger charge is 2.32. The molecule has 152 valence electrons. The second kappa shape index (κ2) is 8.73. The third-order valence-electron chi connectivity index (χ3n) is 4.46. The van der Waals surface area contributed by atoms with Gasteiger partial charge in [-0.3, -0.25) is 9.69 Å². The van der Waals surface area contributed by atoms with Crippen molar-refractivity contribution in [2.75, 3.05) is 13.7 Å². The predicted molar refractivity (Wildman–Crippen MR) is 122 cm³/mol. The summed E-state index contributed by atoms with van der Waals surface area (Å²) in [6, 6.07) is 14.9. The molecular weight excluding hydrogens is 418 g/mol. The van der Waals surface area contributed by atoms with Gasteiger partial charge in [-0.25, -0.2) is 4.98 Å². The molecule has 1 amide bonds. The normalized spacial score (nSPS) is 16.6. The van der Waals surface area contributed by atoms with Gasteiger partial charge in [0.1, 0.15) is 0 Å². The molecule has 1 fully saturated rings. The Hall–Kier alpha value is -3.10. The summed E-state index contributed by atoms with van der Waals surface area (Å²) >= 11 is 2.76. The number of carbonyl (C=O) groups is 1. The number of aliphatic imine (C=N–C) groups is 1. The van der Waals surface area contributed by atoms with Crippen LogP contribution < -0.4 is 4.74 Å². The van der Waals surface area contributed by atoms with Gasteiger partial charge in [-0.05, 0) is 42.5 Å². The topological polar surface area (TPSA) is 75.0 Å². The van der Waals surface area contributed by atoms with Crippen LogP contribution >= 0.6 is 23.1 Å². The number of methoxy groups -OCH3 is 1. The van der Waals surface area contributed by atoms with Crippen molar-refractivity contribution in [2.24, 2.45) is 4.99 Å². The van der Waals surface area contributed by atoms with Crippen molar-refractivity contribution >= 4 is 45.4 Å². The quantitative estimate of drug-likeness (QED) is 0.559. The van der Waals surface area contributed by atoms with Gasteiger partial charge in [0.25, 0.3) is 5.91 Å². The molecule has 4 rings (SSSR count). The van der Waals surface area contributed by atoms with Crippen LogP contribution in [-0.4, -0.2) is 39.7 Å². The Morgan fingerprint density at radius 1 is 1.23 bits per heavy atom. The molecule has 0 spiro atoms. The zero-order valence-electron chi connectivity index (χ0n) is 16.4. The molecule has 0 aliphatic carbocycles. The summed E-state index contributed by atoms with van der Waals surface area (Å²) in [4.78, 5) is 24.3. The minimum atomic E-state index is -0.104. The van der Waals surface area contributed by atoms with E-state index in [1.165, 1.54) is 30.2 Å². The number of aromatic nitrogens is 1. The fourth-order valence-corrected chi connectivity index (χ4v) is 4.74. The Labute approximate surface area is 182 Å². The Kier molecular flexibility index (Phi) is 5.87. The van der Waals surface area contributed by atoms with Crippen molar-refractivity contribution in [3.8, 4) is 22.8 Å². The van der Waals surface area contributed by atoms with E-state index >= 15 is 0 Å². The van der Waals surface area contributed by atoms with E-state index in [2.05, 4.69) is 9.98 Å². The summed E-state index contributed by atoms with van der Waals surface area (Å²) < 4.78 is 5.15. The largest absolute Gasteiger partial charge is 0.504 e. The first-order valence-electron chi connectivity index (χ1n) is 9.27. The molecule has 0 atom stereocenters. The minimum Gasteiger partial charge on any atom is -0.504 e. The number of nitrogens with zero attached hydrogens (tertiary/aromatic N) is 3. The number of thioether (sulfide) groups is 1. The number of hydrogen-bond acceptors (Lipinski definition) is 7. The maximum absolute atomic E-state index is 12.8. The fourth-order valence-electron chi connectivity index (χ4n) is 2.94. The van der Waals surface area contributed by atoms with Crippen LogP contribution in [-0.2, 0) is 4.79 Å². The highest BCUT2D eigenvalue weighted by molar-refractivity contribution is 8.18. The van der Waals surface area contributed by atoms with Gasteiger partial charge in [-0.1, -0.05) is 36.4 Å². The standard InChI is InChI=1S/C22H19N3O3S2/c1-3-25-20(27)19(12-14-9-10-17(26)18(11-14)28-2)30-22(25)24-21-23-16(13-29-21)15-7-5-4-6-8-15/h4-13,26H,3H2,1-2H3/b19-12-,24-22+. The number of carbonyl (C=O) groups excluding carboxylic acids is 1. The zero-order chi connectivity index (χ0) is 21.1. The lowest BCUT2D eigenvalue weighted by Gasteiger charge is -2.11. The number of likely N-dealkylation sites (N-methyl/N-ethyl adjacent to an activating group) is 1. The highest BCUT2D eigenvalue weighted by atomic mass is 32.2. The van der Waals surface area contributed by atoms with Gasteiger partial charge < -0.3 is 9.84 Å². The van der Waals surface area contributed by atoms with Gasteiger partial charge in [0.15, 0.2) is 16.7 Å². The molecule has 3 aromatic rings. The molecule has 30 heavy (non-hydrogen) atoms. The summed E-state index contributed by atoms with van der Waals surface area (Å²) in [7, 11) is 1.49. The summed E-state index contributed by atoms with van der Waals surface area (Å²) in [5.41, 5.74) is 2.66. The molecule has 1 aliphatic heterocycles. The van der Waals surface area contributed by atoms with Crippen LogP contribution in [0.25, 0.3) is 17.3 Å². The van der Waals surface area contributed by atoms with Crippen molar-refractivity contribution in [2.45, 2.75) is 6.92 Å². The number of ether oxygens (including phenoxy) is 1. The van der Waals surface area contributed by atoms with Crippen LogP contribution in [0, 0.1) is 0 Å². The summed E-state index contributed by atoms with van der Waals surface area (Å²) in [6.45, 7) is 2.43. The second-order valence-corrected chi connectivity index (χ2v) is 8.21. The Morgan fingerprint density at radius 2 is 2.03 bits per heavy atom. The number of hydrogen-bond donors (Lipinski definition) is 1. The van der Waals surface area contributed by atoms with E-state index in [0.717, 1.165) is 16.8 Å². The van der Waals surface area contributed by atoms with Crippen molar-refractivity contribution in [3.05, 3.63) is 64.4 Å². The van der Waals surface area contributed by atoms with Crippen LogP contribution in [0.4, 0.5) is 5.13 Å². The molecule has 8 heteroatoms. The Morgan fingerprint density at radius 3 is 2.77 bits per heavy atom. The number of aromatic hydroxyl groups is 1. The number of phenolic OH excluding ortho intramolecular Hbond substituents is 1. The Bertz CT molecular complexity index is 1140. The second-order valence-electron chi connectivity index (χ2n) is 6.37. The highest BCUT2D eigenvalue weighted by Crippen LogP contribution is 2.36. The average Bonchev–Trinajstić information content (AvgIpc) is 3.35. The van der Waals surface area contributed by atoms with Crippen molar-refractivity contribution in [3.63, 3.8) is 0 Å². The van der Waals surface area contributed by atoms with Gasteiger partial charge in [0.05, 0.1) is 17.7 Å². The minimum absolute atomic E-state index is 0.0560. The van der Waals surface area contributed by atoms with Crippen LogP contribution in [0.15, 0.2) is 63.8 Å². The van der Waals surface area contributed by atoms with Gasteiger partial charge in [-0.2, -0.15) is 4.99 Å². The summed E-state index contributed by atoms with van der Waals surface area (Å²) in [6.07, 6.45) is 1.78. The lowest BCUT2D eigenvalue weighted by molar-refractivity contribution is -0.122. The molecule has 1 aromatic heterocycles. The lowest BCUT2D eigenvalue weighted by atomic mass is 10.2. The predicted octanol–water partition coefficient (Wildman–Crippen LogP) is 5.15. The number of rotatable bonds is 5. The molecular formula is C22H19N3O3S2. The van der Waals surface area contributed by atoms with E-state index in [-0.39, 0.29) is 11.7 Å². The first kappa shape index (κ1) is 20.2. The zero-order valence-corrected chi connectivity index (χ0v) is 18.0. The van der Waals surface area contributed by atoms with Gasteiger partial charge in [0.2, 0.25) is 5.13 Å². The molecule has 0 unspecified atom stereocenters. The first-order valence-corrected chi connectivity index (χ1v) is 11.0. The van der Waals surface area contributed by atoms with Gasteiger partial charge in [0, 0.05) is 17.5 Å². The van der Waals surface area contributed by atoms with E-state index in [4.69, 9.17) is 4.74 Å². The molecule has 1 aliphatic rings. The fraction of sp³-hybridized carbons (Fsp3) is 0.136. The lowest BCUT2D eigenvalue weighted by Crippen LogP contribution is -2.28. The molecule has 0 saturated carbocycles. The SMILES string of the molecule is CCN1C(=O)/C(=C/c2ccc(O)c(OC)c2)S/C1=N/c1nc(-c2ccccc2)cs1. The summed E-state index contributed by atoms with van der Waals surface area (Å²) in [5, 5.41) is 12.9. The summed E-state index contributed by atoms with van der Waals surface area (Å²) in [5.74, 6) is 0.311. The number of benzene rings is 2. The third kappa shape index (κ3) is 4.10. The van der Waals surface area contributed by atoms with Crippen LogP contribution in [0.2, 0.25) is 0 Å². The molecule has 0 bridgehead atoms. The molecule has 2 heterocycles. The molecule has 2 aromatic carbocycles. The number of thiazole rings is 1. The van der Waals surface area contributed by atoms with Crippen molar-refractivity contribution in [1.29, 1.82) is 0 Å². The van der Waals surface area contributed by atoms with E-state index in [1.807, 2.05) is 42.6 Å². The first-order chi connectivity index (χ1) is 14.6. The average molecular weight is 438 g/mol. The maximum atomic E-state index is 12.8. The number of amidine groups is 1. The van der Waals surface area contributed by atoms with E-state index in [0.29, 0.717) is 27.5 Å². The smallest absolute Gasteiger partial charge is 0.266 e. The molecule has 6 nitrogen and oxygen atoms in total.